The fourth-order valence-electron chi connectivity index (χ4n) is 1.18. The summed E-state index contributed by atoms with van der Waals surface area (Å²) in [5, 5.41) is 0. The van der Waals surface area contributed by atoms with Gasteiger partial charge in [0.25, 0.3) is 9.05 Å². The molecule has 1 atom stereocenters. The van der Waals surface area contributed by atoms with Gasteiger partial charge in [0, 0.05) is 10.7 Å². The molecule has 1 aromatic carbocycles. The summed E-state index contributed by atoms with van der Waals surface area (Å²) in [5.41, 5.74) is -0.450. The van der Waals surface area contributed by atoms with Crippen molar-refractivity contribution in [1.82, 2.24) is 0 Å². The van der Waals surface area contributed by atoms with E-state index in [0.717, 1.165) is 18.2 Å². The molecule has 1 unspecified atom stereocenters. The SMILES string of the molecule is CC(C)C(C)OC(=O)c1cc(S(=O)(=O)Cl)ccc1F. The molecule has 0 heterocycles. The van der Waals surface area contributed by atoms with Crippen LogP contribution in [0, 0.1) is 11.7 Å². The normalized spacial score (nSPS) is 13.4. The Labute approximate surface area is 115 Å². The van der Waals surface area contributed by atoms with Crippen LogP contribution in [-0.2, 0) is 13.8 Å². The molecule has 0 aromatic heterocycles. The standard InChI is InChI=1S/C12H14ClFO4S/c1-7(2)8(3)18-12(15)10-6-9(19(13,16)17)4-5-11(10)14/h4-8H,1-3H3. The van der Waals surface area contributed by atoms with E-state index < -0.39 is 32.5 Å². The van der Waals surface area contributed by atoms with Crippen LogP contribution in [0.25, 0.3) is 0 Å². The van der Waals surface area contributed by atoms with Gasteiger partial charge in [0.15, 0.2) is 0 Å². The molecule has 4 nitrogen and oxygen atoms in total. The summed E-state index contributed by atoms with van der Waals surface area (Å²) in [5.74, 6) is -1.71. The molecule has 106 valence electrons. The van der Waals surface area contributed by atoms with Crippen LogP contribution in [0.1, 0.15) is 31.1 Å². The smallest absolute Gasteiger partial charge is 0.341 e. The summed E-state index contributed by atoms with van der Waals surface area (Å²) < 4.78 is 40.8. The lowest BCUT2D eigenvalue weighted by molar-refractivity contribution is 0.0232. The van der Waals surface area contributed by atoms with Crippen molar-refractivity contribution in [2.24, 2.45) is 5.92 Å². The zero-order chi connectivity index (χ0) is 14.8. The third-order valence-electron chi connectivity index (χ3n) is 2.67. The lowest BCUT2D eigenvalue weighted by atomic mass is 10.1. The molecule has 1 aromatic rings. The van der Waals surface area contributed by atoms with Gasteiger partial charge in [0.2, 0.25) is 0 Å². The molecule has 0 aliphatic heterocycles. The van der Waals surface area contributed by atoms with Crippen molar-refractivity contribution in [3.05, 3.63) is 29.6 Å². The molecule has 0 fully saturated rings. The van der Waals surface area contributed by atoms with E-state index in [-0.39, 0.29) is 10.8 Å². The van der Waals surface area contributed by atoms with Gasteiger partial charge in [0.05, 0.1) is 10.5 Å². The summed E-state index contributed by atoms with van der Waals surface area (Å²) in [6, 6.07) is 2.72. The van der Waals surface area contributed by atoms with Crippen molar-refractivity contribution in [2.45, 2.75) is 31.8 Å². The van der Waals surface area contributed by atoms with Crippen molar-refractivity contribution >= 4 is 25.7 Å². The third kappa shape index (κ3) is 4.18. The Hall–Kier alpha value is -1.14. The van der Waals surface area contributed by atoms with Gasteiger partial charge in [0.1, 0.15) is 11.9 Å². The molecule has 0 saturated carbocycles. The van der Waals surface area contributed by atoms with Crippen molar-refractivity contribution in [1.29, 1.82) is 0 Å². The maximum atomic E-state index is 13.5. The molecule has 0 aliphatic carbocycles. The fraction of sp³-hybridized carbons (Fsp3) is 0.417. The second kappa shape index (κ2) is 5.88. The zero-order valence-corrected chi connectivity index (χ0v) is 12.3. The van der Waals surface area contributed by atoms with Gasteiger partial charge in [-0.3, -0.25) is 0 Å². The molecule has 0 saturated heterocycles. The molecule has 19 heavy (non-hydrogen) atoms. The Balaban J connectivity index is 3.10. The first kappa shape index (κ1) is 15.9. The van der Waals surface area contributed by atoms with Gasteiger partial charge >= 0.3 is 5.97 Å². The summed E-state index contributed by atoms with van der Waals surface area (Å²) in [6.07, 6.45) is -0.414. The Morgan fingerprint density at radius 1 is 1.32 bits per heavy atom. The van der Waals surface area contributed by atoms with Crippen LogP contribution < -0.4 is 0 Å². The predicted octanol–water partition coefficient (Wildman–Crippen LogP) is 2.95. The summed E-state index contributed by atoms with van der Waals surface area (Å²) in [4.78, 5) is 11.4. The summed E-state index contributed by atoms with van der Waals surface area (Å²) in [7, 11) is 1.12. The average Bonchev–Trinajstić information content (AvgIpc) is 2.27. The van der Waals surface area contributed by atoms with E-state index in [1.54, 1.807) is 6.92 Å². The first-order valence-electron chi connectivity index (χ1n) is 5.58. The second-order valence-electron chi connectivity index (χ2n) is 4.43. The van der Waals surface area contributed by atoms with Gasteiger partial charge in [-0.05, 0) is 31.0 Å². The number of benzene rings is 1. The van der Waals surface area contributed by atoms with E-state index in [1.807, 2.05) is 13.8 Å². The molecule has 7 heteroatoms. The predicted molar refractivity (Wildman–Crippen MR) is 69.2 cm³/mol. The quantitative estimate of drug-likeness (QED) is 0.634. The monoisotopic (exact) mass is 308 g/mol. The minimum Gasteiger partial charge on any atom is -0.459 e. The molecule has 0 N–H and O–H groups in total. The largest absolute Gasteiger partial charge is 0.459 e. The number of esters is 1. The Morgan fingerprint density at radius 2 is 1.89 bits per heavy atom. The van der Waals surface area contributed by atoms with Crippen LogP contribution in [-0.4, -0.2) is 20.5 Å². The second-order valence-corrected chi connectivity index (χ2v) is 7.00. The Morgan fingerprint density at radius 3 is 2.37 bits per heavy atom. The average molecular weight is 309 g/mol. The molecule has 0 aliphatic rings. The highest BCUT2D eigenvalue weighted by Gasteiger charge is 2.21. The summed E-state index contributed by atoms with van der Waals surface area (Å²) >= 11 is 0. The topological polar surface area (TPSA) is 60.4 Å². The molecule has 1 rings (SSSR count). The molecule has 0 radical (unpaired) electrons. The maximum absolute atomic E-state index is 13.5. The van der Waals surface area contributed by atoms with E-state index in [2.05, 4.69) is 0 Å². The van der Waals surface area contributed by atoms with Crippen molar-refractivity contribution in [3.8, 4) is 0 Å². The maximum Gasteiger partial charge on any atom is 0.341 e. The molecular weight excluding hydrogens is 295 g/mol. The van der Waals surface area contributed by atoms with Crippen molar-refractivity contribution in [2.75, 3.05) is 0 Å². The Kier molecular flexibility index (Phi) is 4.92. The van der Waals surface area contributed by atoms with Crippen LogP contribution in [0.2, 0.25) is 0 Å². The van der Waals surface area contributed by atoms with Crippen LogP contribution in [0.15, 0.2) is 23.1 Å². The van der Waals surface area contributed by atoms with E-state index >= 15 is 0 Å². The molecule has 0 spiro atoms. The minimum atomic E-state index is -4.02. The van der Waals surface area contributed by atoms with Gasteiger partial charge in [-0.15, -0.1) is 0 Å². The third-order valence-corrected chi connectivity index (χ3v) is 4.02. The first-order chi connectivity index (χ1) is 8.62. The minimum absolute atomic E-state index is 0.0620. The number of hydrogen-bond acceptors (Lipinski definition) is 4. The number of hydrogen-bond donors (Lipinski definition) is 0. The number of halogens is 2. The first-order valence-corrected chi connectivity index (χ1v) is 7.89. The van der Waals surface area contributed by atoms with Crippen LogP contribution in [0.3, 0.4) is 0 Å². The number of carbonyl (C=O) groups excluding carboxylic acids is 1. The van der Waals surface area contributed by atoms with E-state index in [1.165, 1.54) is 0 Å². The number of rotatable bonds is 4. The van der Waals surface area contributed by atoms with Gasteiger partial charge in [-0.1, -0.05) is 13.8 Å². The van der Waals surface area contributed by atoms with Crippen molar-refractivity contribution < 1.29 is 22.3 Å². The van der Waals surface area contributed by atoms with Crippen LogP contribution in [0.5, 0.6) is 0 Å². The number of carbonyl (C=O) groups is 1. The molecule has 0 bridgehead atoms. The van der Waals surface area contributed by atoms with Gasteiger partial charge in [-0.2, -0.15) is 0 Å². The van der Waals surface area contributed by atoms with E-state index in [9.17, 15) is 17.6 Å². The molecular formula is C12H14ClFO4S. The summed E-state index contributed by atoms with van der Waals surface area (Å²) in [6.45, 7) is 5.35. The highest BCUT2D eigenvalue weighted by Crippen LogP contribution is 2.20. The van der Waals surface area contributed by atoms with Gasteiger partial charge < -0.3 is 4.74 Å². The number of ether oxygens (including phenoxy) is 1. The van der Waals surface area contributed by atoms with Crippen LogP contribution in [0.4, 0.5) is 4.39 Å². The fourth-order valence-corrected chi connectivity index (χ4v) is 1.96. The zero-order valence-electron chi connectivity index (χ0n) is 10.7. The lowest BCUT2D eigenvalue weighted by Crippen LogP contribution is -2.21. The van der Waals surface area contributed by atoms with Gasteiger partial charge in [-0.25, -0.2) is 17.6 Å². The highest BCUT2D eigenvalue weighted by atomic mass is 35.7. The highest BCUT2D eigenvalue weighted by molar-refractivity contribution is 8.13. The Bertz CT molecular complexity index is 583. The van der Waals surface area contributed by atoms with E-state index in [0.29, 0.717) is 0 Å². The van der Waals surface area contributed by atoms with Crippen LogP contribution >= 0.6 is 10.7 Å². The van der Waals surface area contributed by atoms with E-state index in [4.69, 9.17) is 15.4 Å². The van der Waals surface area contributed by atoms with Crippen molar-refractivity contribution in [3.63, 3.8) is 0 Å². The molecule has 0 amide bonds. The lowest BCUT2D eigenvalue weighted by Gasteiger charge is -2.16.